The third-order valence-corrected chi connectivity index (χ3v) is 3.81. The Bertz CT molecular complexity index is 596. The highest BCUT2D eigenvalue weighted by Gasteiger charge is 2.52. The second-order valence-corrected chi connectivity index (χ2v) is 7.56. The molecular weight excluding hydrogens is 312 g/mol. The number of hydrogen-bond donors (Lipinski definition) is 1. The van der Waals surface area contributed by atoms with Crippen molar-refractivity contribution in [2.24, 2.45) is 5.73 Å². The van der Waals surface area contributed by atoms with Gasteiger partial charge < -0.3 is 15.2 Å². The molecule has 1 aliphatic rings. The highest BCUT2D eigenvalue weighted by Crippen LogP contribution is 2.41. The molecular formula is C17H24N2O3S. The van der Waals surface area contributed by atoms with Gasteiger partial charge in [0.15, 0.2) is 0 Å². The molecule has 0 radical (unpaired) electrons. The molecule has 2 unspecified atom stereocenters. The van der Waals surface area contributed by atoms with Crippen LogP contribution in [0.25, 0.3) is 0 Å². The molecule has 2 atom stereocenters. The van der Waals surface area contributed by atoms with Crippen LogP contribution in [0.1, 0.15) is 46.3 Å². The lowest BCUT2D eigenvalue weighted by molar-refractivity contribution is -0.0792. The predicted octanol–water partition coefficient (Wildman–Crippen LogP) is 3.39. The normalized spacial score (nSPS) is 23.6. The summed E-state index contributed by atoms with van der Waals surface area (Å²) < 4.78 is 11.6. The largest absolute Gasteiger partial charge is 0.444 e. The fourth-order valence-corrected chi connectivity index (χ4v) is 2.95. The summed E-state index contributed by atoms with van der Waals surface area (Å²) in [5.41, 5.74) is 5.37. The molecule has 5 nitrogen and oxygen atoms in total. The lowest BCUT2D eigenvalue weighted by Crippen LogP contribution is -2.53. The van der Waals surface area contributed by atoms with Gasteiger partial charge in [-0.05, 0) is 40.2 Å². The summed E-state index contributed by atoms with van der Waals surface area (Å²) in [6.45, 7) is 9.08. The van der Waals surface area contributed by atoms with Crippen LogP contribution in [-0.4, -0.2) is 33.3 Å². The van der Waals surface area contributed by atoms with E-state index in [1.54, 1.807) is 0 Å². The van der Waals surface area contributed by atoms with Gasteiger partial charge in [-0.2, -0.15) is 0 Å². The van der Waals surface area contributed by atoms with E-state index in [4.69, 9.17) is 27.4 Å². The number of benzene rings is 1. The maximum atomic E-state index is 12.7. The molecule has 0 bridgehead atoms. The van der Waals surface area contributed by atoms with E-state index in [1.165, 1.54) is 4.90 Å². The van der Waals surface area contributed by atoms with Crippen molar-refractivity contribution in [3.8, 4) is 0 Å². The fourth-order valence-electron chi connectivity index (χ4n) is 2.72. The SMILES string of the molecule is CC(C)(C)OC(=O)N1C(C(N)=S)C(c2ccccc2)OC1(C)C. The number of carbonyl (C=O) groups is 1. The zero-order valence-electron chi connectivity index (χ0n) is 14.2. The van der Waals surface area contributed by atoms with Crippen LogP contribution in [0.3, 0.4) is 0 Å². The topological polar surface area (TPSA) is 64.8 Å². The van der Waals surface area contributed by atoms with Crippen molar-refractivity contribution in [2.75, 3.05) is 0 Å². The van der Waals surface area contributed by atoms with Crippen LogP contribution in [0, 0.1) is 0 Å². The molecule has 1 heterocycles. The van der Waals surface area contributed by atoms with Gasteiger partial charge >= 0.3 is 6.09 Å². The number of ether oxygens (including phenoxy) is 2. The Morgan fingerprint density at radius 1 is 1.30 bits per heavy atom. The monoisotopic (exact) mass is 336 g/mol. The summed E-state index contributed by atoms with van der Waals surface area (Å²) in [4.78, 5) is 14.4. The predicted molar refractivity (Wildman–Crippen MR) is 93.0 cm³/mol. The Balaban J connectivity index is 2.40. The average molecular weight is 336 g/mol. The summed E-state index contributed by atoms with van der Waals surface area (Å²) in [6, 6.07) is 9.06. The van der Waals surface area contributed by atoms with Crippen LogP contribution in [0.5, 0.6) is 0 Å². The van der Waals surface area contributed by atoms with Gasteiger partial charge in [-0.3, -0.25) is 4.90 Å². The molecule has 1 fully saturated rings. The summed E-state index contributed by atoms with van der Waals surface area (Å²) in [5.74, 6) is 0. The van der Waals surface area contributed by atoms with Crippen molar-refractivity contribution in [2.45, 2.75) is 58.1 Å². The highest BCUT2D eigenvalue weighted by molar-refractivity contribution is 7.80. The van der Waals surface area contributed by atoms with Crippen molar-refractivity contribution in [3.63, 3.8) is 0 Å². The lowest BCUT2D eigenvalue weighted by atomic mass is 10.0. The van der Waals surface area contributed by atoms with Gasteiger partial charge in [-0.15, -0.1) is 0 Å². The molecule has 0 saturated carbocycles. The van der Waals surface area contributed by atoms with Crippen molar-refractivity contribution < 1.29 is 14.3 Å². The van der Waals surface area contributed by atoms with Gasteiger partial charge in [0.2, 0.25) is 0 Å². The van der Waals surface area contributed by atoms with E-state index in [0.717, 1.165) is 5.56 Å². The quantitative estimate of drug-likeness (QED) is 0.839. The summed E-state index contributed by atoms with van der Waals surface area (Å²) in [7, 11) is 0. The molecule has 1 saturated heterocycles. The average Bonchev–Trinajstić information content (AvgIpc) is 2.69. The number of amides is 1. The number of thiocarbonyl (C=S) groups is 1. The minimum Gasteiger partial charge on any atom is -0.444 e. The third kappa shape index (κ3) is 3.82. The van der Waals surface area contributed by atoms with E-state index in [1.807, 2.05) is 65.0 Å². The highest BCUT2D eigenvalue weighted by atomic mass is 32.1. The number of nitrogens with zero attached hydrogens (tertiary/aromatic N) is 1. The van der Waals surface area contributed by atoms with E-state index in [-0.39, 0.29) is 4.99 Å². The van der Waals surface area contributed by atoms with Crippen LogP contribution in [0.2, 0.25) is 0 Å². The molecule has 1 amide bonds. The van der Waals surface area contributed by atoms with Gasteiger partial charge in [0.05, 0.1) is 4.99 Å². The molecule has 1 aromatic carbocycles. The Hall–Kier alpha value is -1.66. The Kier molecular flexibility index (Phi) is 4.69. The van der Waals surface area contributed by atoms with Crippen LogP contribution in [-0.2, 0) is 9.47 Å². The second-order valence-electron chi connectivity index (χ2n) is 7.09. The molecule has 1 aromatic rings. The first-order valence-electron chi connectivity index (χ1n) is 7.57. The number of carbonyl (C=O) groups excluding carboxylic acids is 1. The van der Waals surface area contributed by atoms with E-state index in [9.17, 15) is 4.79 Å². The molecule has 126 valence electrons. The molecule has 2 rings (SSSR count). The zero-order valence-corrected chi connectivity index (χ0v) is 15.0. The van der Waals surface area contributed by atoms with Crippen molar-refractivity contribution >= 4 is 23.3 Å². The van der Waals surface area contributed by atoms with Gasteiger partial charge in [0.1, 0.15) is 23.5 Å². The molecule has 2 N–H and O–H groups in total. The Labute approximate surface area is 142 Å². The van der Waals surface area contributed by atoms with Crippen molar-refractivity contribution in [3.05, 3.63) is 35.9 Å². The maximum Gasteiger partial charge on any atom is 0.413 e. The smallest absolute Gasteiger partial charge is 0.413 e. The minimum absolute atomic E-state index is 0.204. The first-order chi connectivity index (χ1) is 10.5. The number of hydrogen-bond acceptors (Lipinski definition) is 4. The van der Waals surface area contributed by atoms with Gasteiger partial charge in [0, 0.05) is 0 Å². The zero-order chi connectivity index (χ0) is 17.4. The first kappa shape index (κ1) is 17.7. The van der Waals surface area contributed by atoms with Gasteiger partial charge in [-0.1, -0.05) is 42.5 Å². The lowest BCUT2D eigenvalue weighted by Gasteiger charge is -2.34. The molecule has 23 heavy (non-hydrogen) atoms. The minimum atomic E-state index is -0.878. The fraction of sp³-hybridized carbons (Fsp3) is 0.529. The summed E-state index contributed by atoms with van der Waals surface area (Å²) >= 11 is 5.22. The van der Waals surface area contributed by atoms with E-state index in [0.29, 0.717) is 0 Å². The van der Waals surface area contributed by atoms with Crippen LogP contribution >= 0.6 is 12.2 Å². The number of rotatable bonds is 2. The van der Waals surface area contributed by atoms with Crippen LogP contribution < -0.4 is 5.73 Å². The second kappa shape index (κ2) is 6.09. The standard InChI is InChI=1S/C17H24N2O3S/c1-16(2,3)22-15(20)19-12(14(18)23)13(21-17(19,4)5)11-9-7-6-8-10-11/h6-10,12-13H,1-5H3,(H2,18,23). The van der Waals surface area contributed by atoms with Gasteiger partial charge in [-0.25, -0.2) is 4.79 Å². The molecule has 0 spiro atoms. The Morgan fingerprint density at radius 3 is 2.35 bits per heavy atom. The van der Waals surface area contributed by atoms with E-state index in [2.05, 4.69) is 0 Å². The van der Waals surface area contributed by atoms with Gasteiger partial charge in [0.25, 0.3) is 0 Å². The van der Waals surface area contributed by atoms with Crippen LogP contribution in [0.4, 0.5) is 4.79 Å². The van der Waals surface area contributed by atoms with Crippen molar-refractivity contribution in [1.82, 2.24) is 4.90 Å². The maximum absolute atomic E-state index is 12.7. The third-order valence-electron chi connectivity index (χ3n) is 3.57. The molecule has 0 aromatic heterocycles. The van der Waals surface area contributed by atoms with Crippen molar-refractivity contribution in [1.29, 1.82) is 0 Å². The van der Waals surface area contributed by atoms with E-state index >= 15 is 0 Å². The summed E-state index contributed by atoms with van der Waals surface area (Å²) in [5, 5.41) is 0. The van der Waals surface area contributed by atoms with Crippen LogP contribution in [0.15, 0.2) is 30.3 Å². The summed E-state index contributed by atoms with van der Waals surface area (Å²) in [6.07, 6.45) is -0.907. The molecule has 0 aliphatic carbocycles. The molecule has 6 heteroatoms. The Morgan fingerprint density at radius 2 is 1.87 bits per heavy atom. The first-order valence-corrected chi connectivity index (χ1v) is 7.98. The van der Waals surface area contributed by atoms with E-state index < -0.39 is 29.6 Å². The number of nitrogens with two attached hydrogens (primary N) is 1. The molecule has 1 aliphatic heterocycles.